The van der Waals surface area contributed by atoms with Gasteiger partial charge in [-0.25, -0.2) is 0 Å². The Balaban J connectivity index is 1.95. The topological polar surface area (TPSA) is 57.6 Å². The lowest BCUT2D eigenvalue weighted by atomic mass is 9.88. The maximum absolute atomic E-state index is 12.4. The number of carbonyl (C=O) groups excluding carboxylic acids is 2. The molecule has 1 aliphatic rings. The van der Waals surface area contributed by atoms with E-state index in [1.807, 2.05) is 19.1 Å². The zero-order valence-electron chi connectivity index (χ0n) is 12.5. The smallest absolute Gasteiger partial charge is 0.263 e. The van der Waals surface area contributed by atoms with Gasteiger partial charge in [-0.3, -0.25) is 9.59 Å². The number of hydrogen-bond acceptors (Lipinski definition) is 3. The van der Waals surface area contributed by atoms with Crippen molar-refractivity contribution < 1.29 is 14.7 Å². The summed E-state index contributed by atoms with van der Waals surface area (Å²) < 4.78 is 0. The molecule has 1 N–H and O–H groups in total. The Kier molecular flexibility index (Phi) is 3.34. The van der Waals surface area contributed by atoms with E-state index in [0.29, 0.717) is 16.8 Å². The summed E-state index contributed by atoms with van der Waals surface area (Å²) in [5.74, 6) is -0.713. The normalized spacial score (nSPS) is 20.1. The van der Waals surface area contributed by atoms with Crippen molar-refractivity contribution in [1.82, 2.24) is 0 Å². The number of hydrogen-bond donors (Lipinski definition) is 1. The number of aliphatic hydroxyl groups is 1. The first kappa shape index (κ1) is 14.5. The van der Waals surface area contributed by atoms with Gasteiger partial charge in [0.2, 0.25) is 0 Å². The van der Waals surface area contributed by atoms with E-state index in [9.17, 15) is 14.7 Å². The van der Waals surface area contributed by atoms with Gasteiger partial charge in [-0.2, -0.15) is 0 Å². The zero-order valence-corrected chi connectivity index (χ0v) is 12.5. The zero-order chi connectivity index (χ0) is 15.9. The molecule has 0 saturated carbocycles. The van der Waals surface area contributed by atoms with Crippen molar-refractivity contribution in [1.29, 1.82) is 0 Å². The van der Waals surface area contributed by atoms with Crippen LogP contribution in [-0.2, 0) is 10.4 Å². The number of likely N-dealkylation sites (N-methyl/N-ethyl adjacent to an activating group) is 1. The predicted octanol–water partition coefficient (Wildman–Crippen LogP) is 2.43. The standard InChI is InChI=1S/C18H17NO3/c1-12-7-9-13(10-8-12)16(20)11-18(22)14-5-3-4-6-15(14)19(2)17(18)21/h3-10,22H,11H2,1-2H3/t18-/m0/s1. The van der Waals surface area contributed by atoms with Crippen LogP contribution in [0, 0.1) is 6.92 Å². The fourth-order valence-corrected chi connectivity index (χ4v) is 2.86. The molecule has 0 aliphatic carbocycles. The molecule has 0 unspecified atom stereocenters. The van der Waals surface area contributed by atoms with Crippen molar-refractivity contribution in [3.63, 3.8) is 0 Å². The molecule has 4 nitrogen and oxygen atoms in total. The Bertz CT molecular complexity index is 751. The second kappa shape index (κ2) is 5.07. The van der Waals surface area contributed by atoms with Gasteiger partial charge in [-0.15, -0.1) is 0 Å². The maximum atomic E-state index is 12.4. The summed E-state index contributed by atoms with van der Waals surface area (Å²) in [6.07, 6.45) is -0.254. The molecule has 22 heavy (non-hydrogen) atoms. The molecule has 0 fully saturated rings. The lowest BCUT2D eigenvalue weighted by molar-refractivity contribution is -0.135. The minimum Gasteiger partial charge on any atom is -0.375 e. The first-order chi connectivity index (χ1) is 10.4. The largest absolute Gasteiger partial charge is 0.375 e. The highest BCUT2D eigenvalue weighted by Gasteiger charge is 2.49. The van der Waals surface area contributed by atoms with Crippen molar-refractivity contribution in [3.8, 4) is 0 Å². The molecule has 0 radical (unpaired) electrons. The van der Waals surface area contributed by atoms with Crippen molar-refractivity contribution in [3.05, 3.63) is 65.2 Å². The number of fused-ring (bicyclic) bond motifs is 1. The predicted molar refractivity (Wildman–Crippen MR) is 83.9 cm³/mol. The Labute approximate surface area is 129 Å². The fraction of sp³-hybridized carbons (Fsp3) is 0.222. The maximum Gasteiger partial charge on any atom is 0.263 e. The molecule has 1 heterocycles. The molecule has 0 saturated heterocycles. The number of nitrogens with zero attached hydrogens (tertiary/aromatic N) is 1. The highest BCUT2D eigenvalue weighted by atomic mass is 16.3. The third-order valence-electron chi connectivity index (χ3n) is 4.16. The number of Topliss-reactive ketones (excluding diaryl/α,β-unsaturated/α-hetero) is 1. The summed E-state index contributed by atoms with van der Waals surface area (Å²) in [4.78, 5) is 26.3. The molecular weight excluding hydrogens is 278 g/mol. The average molecular weight is 295 g/mol. The molecule has 1 aliphatic heterocycles. The van der Waals surface area contributed by atoms with Gasteiger partial charge < -0.3 is 10.0 Å². The number of anilines is 1. The third-order valence-corrected chi connectivity index (χ3v) is 4.16. The molecule has 2 aromatic carbocycles. The molecule has 1 amide bonds. The number of aryl methyl sites for hydroxylation is 1. The summed E-state index contributed by atoms with van der Waals surface area (Å²) in [6, 6.07) is 14.1. The van der Waals surface area contributed by atoms with Crippen molar-refractivity contribution in [2.45, 2.75) is 18.9 Å². The molecule has 4 heteroatoms. The van der Waals surface area contributed by atoms with Crippen LogP contribution in [0.3, 0.4) is 0 Å². The average Bonchev–Trinajstić information content (AvgIpc) is 2.70. The van der Waals surface area contributed by atoms with Gasteiger partial charge in [-0.1, -0.05) is 48.0 Å². The lowest BCUT2D eigenvalue weighted by Gasteiger charge is -2.21. The van der Waals surface area contributed by atoms with Crippen molar-refractivity contribution in [2.24, 2.45) is 0 Å². The molecular formula is C18H17NO3. The van der Waals surface area contributed by atoms with Crippen molar-refractivity contribution >= 4 is 17.4 Å². The second-order valence-corrected chi connectivity index (χ2v) is 5.71. The molecule has 112 valence electrons. The number of amides is 1. The van der Waals surface area contributed by atoms with Gasteiger partial charge >= 0.3 is 0 Å². The molecule has 2 aromatic rings. The minimum absolute atomic E-state index is 0.249. The van der Waals surface area contributed by atoms with E-state index in [4.69, 9.17) is 0 Å². The van der Waals surface area contributed by atoms with E-state index >= 15 is 0 Å². The van der Waals surface area contributed by atoms with E-state index in [0.717, 1.165) is 5.56 Å². The lowest BCUT2D eigenvalue weighted by Crippen LogP contribution is -2.40. The van der Waals surface area contributed by atoms with Gasteiger partial charge in [0.15, 0.2) is 11.4 Å². The van der Waals surface area contributed by atoms with Crippen LogP contribution >= 0.6 is 0 Å². The first-order valence-corrected chi connectivity index (χ1v) is 7.13. The Morgan fingerprint density at radius 2 is 1.77 bits per heavy atom. The van der Waals surface area contributed by atoms with Crippen LogP contribution in [0.1, 0.15) is 27.9 Å². The molecule has 0 spiro atoms. The Morgan fingerprint density at radius 1 is 1.14 bits per heavy atom. The summed E-state index contributed by atoms with van der Waals surface area (Å²) in [5.41, 5.74) is 0.902. The Hall–Kier alpha value is -2.46. The third kappa shape index (κ3) is 2.12. The van der Waals surface area contributed by atoms with Crippen LogP contribution in [0.4, 0.5) is 5.69 Å². The van der Waals surface area contributed by atoms with E-state index in [2.05, 4.69) is 0 Å². The summed E-state index contributed by atoms with van der Waals surface area (Å²) in [5, 5.41) is 10.9. The van der Waals surface area contributed by atoms with E-state index in [1.54, 1.807) is 43.4 Å². The van der Waals surface area contributed by atoms with Gasteiger partial charge in [0.25, 0.3) is 5.91 Å². The number of rotatable bonds is 3. The van der Waals surface area contributed by atoms with E-state index in [-0.39, 0.29) is 12.2 Å². The fourth-order valence-electron chi connectivity index (χ4n) is 2.86. The molecule has 0 aromatic heterocycles. The highest BCUT2D eigenvalue weighted by molar-refractivity contribution is 6.10. The van der Waals surface area contributed by atoms with Gasteiger partial charge in [0.1, 0.15) is 0 Å². The quantitative estimate of drug-likeness (QED) is 0.885. The van der Waals surface area contributed by atoms with Crippen molar-refractivity contribution in [2.75, 3.05) is 11.9 Å². The van der Waals surface area contributed by atoms with Gasteiger partial charge in [-0.05, 0) is 13.0 Å². The van der Waals surface area contributed by atoms with Crippen LogP contribution < -0.4 is 4.90 Å². The van der Waals surface area contributed by atoms with Gasteiger partial charge in [0, 0.05) is 18.2 Å². The second-order valence-electron chi connectivity index (χ2n) is 5.71. The van der Waals surface area contributed by atoms with E-state index in [1.165, 1.54) is 4.90 Å². The van der Waals surface area contributed by atoms with Gasteiger partial charge in [0.05, 0.1) is 12.1 Å². The molecule has 0 bridgehead atoms. The number of para-hydroxylation sites is 1. The van der Waals surface area contributed by atoms with Crippen LogP contribution in [0.5, 0.6) is 0 Å². The van der Waals surface area contributed by atoms with Crippen LogP contribution in [-0.4, -0.2) is 23.8 Å². The molecule has 3 rings (SSSR count). The molecule has 1 atom stereocenters. The van der Waals surface area contributed by atoms with Crippen LogP contribution in [0.2, 0.25) is 0 Å². The summed E-state index contributed by atoms with van der Waals surface area (Å²) in [7, 11) is 1.61. The SMILES string of the molecule is Cc1ccc(C(=O)C[C@@]2(O)C(=O)N(C)c3ccccc32)cc1. The Morgan fingerprint density at radius 3 is 2.45 bits per heavy atom. The number of carbonyl (C=O) groups is 2. The van der Waals surface area contributed by atoms with E-state index < -0.39 is 11.5 Å². The highest BCUT2D eigenvalue weighted by Crippen LogP contribution is 2.41. The summed E-state index contributed by atoms with van der Waals surface area (Å²) >= 11 is 0. The van der Waals surface area contributed by atoms with Crippen LogP contribution in [0.25, 0.3) is 0 Å². The number of benzene rings is 2. The van der Waals surface area contributed by atoms with Crippen LogP contribution in [0.15, 0.2) is 48.5 Å². The number of ketones is 1. The monoisotopic (exact) mass is 295 g/mol. The summed E-state index contributed by atoms with van der Waals surface area (Å²) in [6.45, 7) is 1.94. The first-order valence-electron chi connectivity index (χ1n) is 7.13. The minimum atomic E-state index is -1.78.